The van der Waals surface area contributed by atoms with E-state index in [9.17, 15) is 18.0 Å². The number of carbonyl (C=O) groups excluding carboxylic acids is 1. The smallest absolute Gasteiger partial charge is 0.416 e. The average Bonchev–Trinajstić information content (AvgIpc) is 3.16. The first kappa shape index (κ1) is 18.4. The zero-order valence-corrected chi connectivity index (χ0v) is 14.1. The van der Waals surface area contributed by atoms with Crippen LogP contribution in [0.3, 0.4) is 0 Å². The number of amides is 1. The molecule has 0 saturated heterocycles. The monoisotopic (exact) mass is 377 g/mol. The van der Waals surface area contributed by atoms with E-state index in [1.54, 1.807) is 24.3 Å². The Morgan fingerprint density at radius 2 is 1.93 bits per heavy atom. The van der Waals surface area contributed by atoms with Crippen molar-refractivity contribution in [2.45, 2.75) is 12.7 Å². The second-order valence-corrected chi connectivity index (χ2v) is 5.53. The summed E-state index contributed by atoms with van der Waals surface area (Å²) in [5.74, 6) is -0.101. The summed E-state index contributed by atoms with van der Waals surface area (Å²) in [6.07, 6.45) is -4.44. The molecule has 1 aromatic heterocycles. The van der Waals surface area contributed by atoms with E-state index in [1.807, 2.05) is 0 Å². The van der Waals surface area contributed by atoms with E-state index in [4.69, 9.17) is 9.26 Å². The quantitative estimate of drug-likeness (QED) is 0.734. The van der Waals surface area contributed by atoms with Gasteiger partial charge in [0.2, 0.25) is 5.82 Å². The first-order valence-corrected chi connectivity index (χ1v) is 7.79. The highest BCUT2D eigenvalue weighted by molar-refractivity contribution is 5.89. The molecule has 140 valence electrons. The molecule has 0 bridgehead atoms. The van der Waals surface area contributed by atoms with Crippen LogP contribution in [0.2, 0.25) is 0 Å². The van der Waals surface area contributed by atoms with Gasteiger partial charge in [0.15, 0.2) is 0 Å². The predicted molar refractivity (Wildman–Crippen MR) is 88.9 cm³/mol. The van der Waals surface area contributed by atoms with E-state index in [1.165, 1.54) is 19.2 Å². The summed E-state index contributed by atoms with van der Waals surface area (Å²) in [4.78, 5) is 16.1. The average molecular weight is 377 g/mol. The number of methoxy groups -OCH3 is 1. The number of nitrogens with one attached hydrogen (secondary N) is 1. The van der Waals surface area contributed by atoms with Crippen LogP contribution >= 0.6 is 0 Å². The van der Waals surface area contributed by atoms with Crippen LogP contribution in [-0.2, 0) is 12.7 Å². The lowest BCUT2D eigenvalue weighted by Gasteiger charge is -2.08. The lowest BCUT2D eigenvalue weighted by Crippen LogP contribution is -2.23. The van der Waals surface area contributed by atoms with Gasteiger partial charge in [-0.05, 0) is 42.0 Å². The summed E-state index contributed by atoms with van der Waals surface area (Å²) >= 11 is 0. The summed E-state index contributed by atoms with van der Waals surface area (Å²) < 4.78 is 48.1. The fraction of sp³-hybridized carbons (Fsp3) is 0.167. The van der Waals surface area contributed by atoms with Crippen molar-refractivity contribution in [3.8, 4) is 17.1 Å². The number of benzene rings is 2. The Morgan fingerprint density at radius 1 is 1.19 bits per heavy atom. The number of halogens is 3. The molecule has 0 unspecified atom stereocenters. The Bertz CT molecular complexity index is 937. The van der Waals surface area contributed by atoms with E-state index in [2.05, 4.69) is 15.5 Å². The minimum absolute atomic E-state index is 0.108. The number of alkyl halides is 3. The summed E-state index contributed by atoms with van der Waals surface area (Å²) in [5.41, 5.74) is 0.137. The van der Waals surface area contributed by atoms with Crippen molar-refractivity contribution in [2.75, 3.05) is 7.11 Å². The van der Waals surface area contributed by atoms with Gasteiger partial charge in [0.25, 0.3) is 0 Å². The van der Waals surface area contributed by atoms with Gasteiger partial charge in [0, 0.05) is 12.1 Å². The Morgan fingerprint density at radius 3 is 2.59 bits per heavy atom. The number of carbonyl (C=O) groups is 1. The minimum atomic E-state index is -4.44. The number of aromatic nitrogens is 2. The van der Waals surface area contributed by atoms with Crippen molar-refractivity contribution in [1.29, 1.82) is 0 Å². The van der Waals surface area contributed by atoms with E-state index in [0.717, 1.165) is 12.1 Å². The SMILES string of the molecule is COc1ccc(-c2noc(C(=O)NCc3cccc(C(F)(F)F)c3)n2)cc1. The van der Waals surface area contributed by atoms with Crippen molar-refractivity contribution in [1.82, 2.24) is 15.5 Å². The molecule has 0 aliphatic heterocycles. The minimum Gasteiger partial charge on any atom is -0.497 e. The number of hydrogen-bond donors (Lipinski definition) is 1. The van der Waals surface area contributed by atoms with Crippen LogP contribution in [0.5, 0.6) is 5.75 Å². The Kier molecular flexibility index (Phi) is 5.11. The molecule has 1 N–H and O–H groups in total. The summed E-state index contributed by atoms with van der Waals surface area (Å²) in [6.45, 7) is -0.108. The molecule has 0 radical (unpaired) electrons. The maximum absolute atomic E-state index is 12.7. The van der Waals surface area contributed by atoms with E-state index >= 15 is 0 Å². The first-order chi connectivity index (χ1) is 12.9. The van der Waals surface area contributed by atoms with E-state index in [-0.39, 0.29) is 18.3 Å². The molecular weight excluding hydrogens is 363 g/mol. The lowest BCUT2D eigenvalue weighted by molar-refractivity contribution is -0.137. The van der Waals surface area contributed by atoms with Crippen molar-refractivity contribution in [3.05, 3.63) is 65.5 Å². The molecule has 1 amide bonds. The second kappa shape index (κ2) is 7.48. The van der Waals surface area contributed by atoms with Gasteiger partial charge in [-0.15, -0.1) is 0 Å². The normalized spacial score (nSPS) is 11.3. The molecule has 1 heterocycles. The fourth-order valence-electron chi connectivity index (χ4n) is 2.29. The zero-order chi connectivity index (χ0) is 19.4. The molecule has 2 aromatic carbocycles. The summed E-state index contributed by atoms with van der Waals surface area (Å²) in [5, 5.41) is 6.18. The van der Waals surface area contributed by atoms with Gasteiger partial charge < -0.3 is 14.6 Å². The maximum atomic E-state index is 12.7. The summed E-state index contributed by atoms with van der Waals surface area (Å²) in [7, 11) is 1.54. The van der Waals surface area contributed by atoms with Gasteiger partial charge in [-0.1, -0.05) is 17.3 Å². The molecule has 3 rings (SSSR count). The van der Waals surface area contributed by atoms with Crippen molar-refractivity contribution in [2.24, 2.45) is 0 Å². The molecule has 0 saturated carbocycles. The fourth-order valence-corrected chi connectivity index (χ4v) is 2.29. The van der Waals surface area contributed by atoms with Crippen LogP contribution in [0.1, 0.15) is 21.8 Å². The zero-order valence-electron chi connectivity index (χ0n) is 14.1. The van der Waals surface area contributed by atoms with E-state index < -0.39 is 17.6 Å². The molecule has 0 spiro atoms. The standard InChI is InChI=1S/C18H14F3N3O3/c1-26-14-7-5-12(6-8-14)15-23-17(27-24-15)16(25)22-10-11-3-2-4-13(9-11)18(19,20)21/h2-9H,10H2,1H3,(H,22,25). The molecule has 0 atom stereocenters. The number of ether oxygens (including phenoxy) is 1. The molecule has 0 aliphatic rings. The van der Waals surface area contributed by atoms with Crippen molar-refractivity contribution in [3.63, 3.8) is 0 Å². The molecule has 0 aliphatic carbocycles. The van der Waals surface area contributed by atoms with Gasteiger partial charge in [0.1, 0.15) is 5.75 Å². The van der Waals surface area contributed by atoms with Crippen molar-refractivity contribution < 1.29 is 27.2 Å². The third kappa shape index (κ3) is 4.43. The van der Waals surface area contributed by atoms with Crippen LogP contribution in [0.25, 0.3) is 11.4 Å². The highest BCUT2D eigenvalue weighted by Crippen LogP contribution is 2.29. The van der Waals surface area contributed by atoms with Crippen LogP contribution in [0, 0.1) is 0 Å². The van der Waals surface area contributed by atoms with Gasteiger partial charge in [-0.25, -0.2) is 0 Å². The predicted octanol–water partition coefficient (Wildman–Crippen LogP) is 3.69. The van der Waals surface area contributed by atoms with Gasteiger partial charge in [-0.3, -0.25) is 4.79 Å². The molecular formula is C18H14F3N3O3. The lowest BCUT2D eigenvalue weighted by atomic mass is 10.1. The highest BCUT2D eigenvalue weighted by Gasteiger charge is 2.30. The largest absolute Gasteiger partial charge is 0.497 e. The first-order valence-electron chi connectivity index (χ1n) is 7.79. The Hall–Kier alpha value is -3.36. The Balaban J connectivity index is 1.66. The van der Waals surface area contributed by atoms with Gasteiger partial charge in [0.05, 0.1) is 12.7 Å². The third-order valence-corrected chi connectivity index (χ3v) is 3.68. The Labute approximate surface area is 152 Å². The van der Waals surface area contributed by atoms with Crippen LogP contribution in [0.4, 0.5) is 13.2 Å². The second-order valence-electron chi connectivity index (χ2n) is 5.53. The highest BCUT2D eigenvalue weighted by atomic mass is 19.4. The molecule has 9 heteroatoms. The molecule has 3 aromatic rings. The van der Waals surface area contributed by atoms with Crippen LogP contribution in [0.15, 0.2) is 53.1 Å². The maximum Gasteiger partial charge on any atom is 0.416 e. The number of rotatable bonds is 5. The van der Waals surface area contributed by atoms with Crippen molar-refractivity contribution >= 4 is 5.91 Å². The number of hydrogen-bond acceptors (Lipinski definition) is 5. The third-order valence-electron chi connectivity index (χ3n) is 3.68. The summed E-state index contributed by atoms with van der Waals surface area (Å²) in [6, 6.07) is 11.5. The topological polar surface area (TPSA) is 77.2 Å². The van der Waals surface area contributed by atoms with E-state index in [0.29, 0.717) is 16.9 Å². The molecule has 27 heavy (non-hydrogen) atoms. The number of nitrogens with zero attached hydrogens (tertiary/aromatic N) is 2. The van der Waals surface area contributed by atoms with Gasteiger partial charge >= 0.3 is 18.0 Å². The van der Waals surface area contributed by atoms with Gasteiger partial charge in [-0.2, -0.15) is 18.2 Å². The molecule has 6 nitrogen and oxygen atoms in total. The van der Waals surface area contributed by atoms with Crippen LogP contribution < -0.4 is 10.1 Å². The van der Waals surface area contributed by atoms with Crippen LogP contribution in [-0.4, -0.2) is 23.2 Å². The molecule has 0 fully saturated rings.